The molecule has 0 unspecified atom stereocenters. The highest BCUT2D eigenvalue weighted by molar-refractivity contribution is 5.65. The summed E-state index contributed by atoms with van der Waals surface area (Å²) < 4.78 is 11.4. The molecule has 0 aromatic carbocycles. The van der Waals surface area contributed by atoms with Gasteiger partial charge in [-0.05, 0) is 55.3 Å². The van der Waals surface area contributed by atoms with Crippen molar-refractivity contribution < 1.29 is 14.3 Å². The molecule has 0 radical (unpaired) electrons. The molecular formula is C18H30O3. The molecule has 0 amide bonds. The first-order chi connectivity index (χ1) is 9.70. The lowest BCUT2D eigenvalue weighted by Gasteiger charge is -2.57. The van der Waals surface area contributed by atoms with Gasteiger partial charge in [-0.2, -0.15) is 0 Å². The summed E-state index contributed by atoms with van der Waals surface area (Å²) in [4.78, 5) is 11.1. The largest absolute Gasteiger partial charge is 0.466 e. The fourth-order valence-electron chi connectivity index (χ4n) is 5.84. The average molecular weight is 294 g/mol. The van der Waals surface area contributed by atoms with Gasteiger partial charge in [-0.25, -0.2) is 0 Å². The number of carbonyl (C=O) groups excluding carboxylic acids is 1. The van der Waals surface area contributed by atoms with Crippen LogP contribution in [0.1, 0.15) is 66.7 Å². The maximum atomic E-state index is 11.1. The number of rotatable bonds is 3. The fourth-order valence-corrected chi connectivity index (χ4v) is 5.84. The Morgan fingerprint density at radius 2 is 1.95 bits per heavy atom. The number of epoxide rings is 1. The lowest BCUT2D eigenvalue weighted by molar-refractivity contribution is -0.143. The van der Waals surface area contributed by atoms with Gasteiger partial charge in [0.2, 0.25) is 0 Å². The fraction of sp³-hybridized carbons (Fsp3) is 0.944. The molecule has 0 aromatic rings. The van der Waals surface area contributed by atoms with Crippen molar-refractivity contribution >= 4 is 5.97 Å². The van der Waals surface area contributed by atoms with Crippen molar-refractivity contribution in [3.05, 3.63) is 0 Å². The number of ether oxygens (including phenoxy) is 2. The second-order valence-electron chi connectivity index (χ2n) is 8.61. The molecule has 3 rings (SSSR count). The van der Waals surface area contributed by atoms with E-state index in [0.29, 0.717) is 29.5 Å². The van der Waals surface area contributed by atoms with Gasteiger partial charge in [0.1, 0.15) is 0 Å². The molecular weight excluding hydrogens is 264 g/mol. The summed E-state index contributed by atoms with van der Waals surface area (Å²) in [6, 6.07) is 0. The van der Waals surface area contributed by atoms with E-state index in [4.69, 9.17) is 9.47 Å². The van der Waals surface area contributed by atoms with E-state index in [1.54, 1.807) is 0 Å². The van der Waals surface area contributed by atoms with E-state index in [1.807, 2.05) is 0 Å². The van der Waals surface area contributed by atoms with E-state index in [2.05, 4.69) is 27.7 Å². The highest BCUT2D eigenvalue weighted by Crippen LogP contribution is 2.68. The Labute approximate surface area is 128 Å². The quantitative estimate of drug-likeness (QED) is 0.584. The SMILES string of the molecule is CC(=O)OCC[C@@H]1[C@@]2(C)CCCC(C)(C)[C@H]2C[C@@H]2O[C@@]21C. The van der Waals surface area contributed by atoms with Crippen LogP contribution in [-0.4, -0.2) is 24.3 Å². The van der Waals surface area contributed by atoms with Crippen LogP contribution >= 0.6 is 0 Å². The summed E-state index contributed by atoms with van der Waals surface area (Å²) in [5.41, 5.74) is 0.752. The van der Waals surface area contributed by atoms with Gasteiger partial charge in [-0.15, -0.1) is 0 Å². The highest BCUT2D eigenvalue weighted by Gasteiger charge is 2.69. The maximum Gasteiger partial charge on any atom is 0.302 e. The van der Waals surface area contributed by atoms with Gasteiger partial charge < -0.3 is 9.47 Å². The first kappa shape index (κ1) is 15.3. The molecule has 2 aliphatic carbocycles. The Kier molecular flexibility index (Phi) is 3.44. The van der Waals surface area contributed by atoms with Crippen molar-refractivity contribution in [2.24, 2.45) is 22.7 Å². The molecule has 0 aromatic heterocycles. The molecule has 3 heteroatoms. The smallest absolute Gasteiger partial charge is 0.302 e. The second-order valence-corrected chi connectivity index (χ2v) is 8.61. The zero-order chi connectivity index (χ0) is 15.5. The molecule has 0 N–H and O–H groups in total. The van der Waals surface area contributed by atoms with Gasteiger partial charge in [-0.1, -0.05) is 27.2 Å². The van der Waals surface area contributed by atoms with Crippen LogP contribution < -0.4 is 0 Å². The Morgan fingerprint density at radius 3 is 2.62 bits per heavy atom. The van der Waals surface area contributed by atoms with E-state index in [-0.39, 0.29) is 11.6 Å². The van der Waals surface area contributed by atoms with Crippen molar-refractivity contribution in [2.75, 3.05) is 6.61 Å². The van der Waals surface area contributed by atoms with Crippen LogP contribution in [0.4, 0.5) is 0 Å². The Morgan fingerprint density at radius 1 is 1.24 bits per heavy atom. The summed E-state index contributed by atoms with van der Waals surface area (Å²) in [5, 5.41) is 0. The molecule has 2 saturated carbocycles. The number of hydrogen-bond acceptors (Lipinski definition) is 3. The van der Waals surface area contributed by atoms with E-state index in [1.165, 1.54) is 32.6 Å². The van der Waals surface area contributed by atoms with E-state index >= 15 is 0 Å². The minimum Gasteiger partial charge on any atom is -0.466 e. The molecule has 1 saturated heterocycles. The number of hydrogen-bond donors (Lipinski definition) is 0. The molecule has 5 atom stereocenters. The second kappa shape index (κ2) is 4.71. The minimum absolute atomic E-state index is 0.0266. The van der Waals surface area contributed by atoms with Gasteiger partial charge in [0, 0.05) is 6.92 Å². The number of carbonyl (C=O) groups is 1. The summed E-state index contributed by atoms with van der Waals surface area (Å²) in [5.74, 6) is 1.06. The summed E-state index contributed by atoms with van der Waals surface area (Å²) in [6.07, 6.45) is 6.50. The number of fused-ring (bicyclic) bond motifs is 2. The Balaban J connectivity index is 1.83. The van der Waals surface area contributed by atoms with Crippen LogP contribution in [0.2, 0.25) is 0 Å². The highest BCUT2D eigenvalue weighted by atomic mass is 16.6. The third-order valence-electron chi connectivity index (χ3n) is 6.90. The summed E-state index contributed by atoms with van der Waals surface area (Å²) in [7, 11) is 0. The number of esters is 1. The van der Waals surface area contributed by atoms with E-state index < -0.39 is 0 Å². The third kappa shape index (κ3) is 2.32. The van der Waals surface area contributed by atoms with Crippen molar-refractivity contribution in [1.82, 2.24) is 0 Å². The predicted octanol–water partition coefficient (Wildman–Crippen LogP) is 3.95. The zero-order valence-corrected chi connectivity index (χ0v) is 14.2. The molecule has 0 spiro atoms. The van der Waals surface area contributed by atoms with Gasteiger partial charge >= 0.3 is 5.97 Å². The molecule has 3 aliphatic rings. The van der Waals surface area contributed by atoms with Crippen molar-refractivity contribution in [1.29, 1.82) is 0 Å². The third-order valence-corrected chi connectivity index (χ3v) is 6.90. The van der Waals surface area contributed by atoms with Crippen LogP contribution in [0.15, 0.2) is 0 Å². The zero-order valence-electron chi connectivity index (χ0n) is 14.2. The van der Waals surface area contributed by atoms with Gasteiger partial charge in [-0.3, -0.25) is 4.79 Å². The van der Waals surface area contributed by atoms with E-state index in [0.717, 1.165) is 12.3 Å². The van der Waals surface area contributed by atoms with Crippen LogP contribution in [0.3, 0.4) is 0 Å². The van der Waals surface area contributed by atoms with E-state index in [9.17, 15) is 4.79 Å². The van der Waals surface area contributed by atoms with Gasteiger partial charge in [0.25, 0.3) is 0 Å². The Hall–Kier alpha value is -0.570. The van der Waals surface area contributed by atoms with Crippen LogP contribution in [0.5, 0.6) is 0 Å². The molecule has 1 aliphatic heterocycles. The topological polar surface area (TPSA) is 38.8 Å². The monoisotopic (exact) mass is 294 g/mol. The molecule has 3 fully saturated rings. The molecule has 21 heavy (non-hydrogen) atoms. The molecule has 3 nitrogen and oxygen atoms in total. The standard InChI is InChI=1S/C18H30O3/c1-12(19)20-10-7-13-17(4)9-6-8-16(2,3)14(17)11-15-18(13,5)21-15/h13-15H,6-11H2,1-5H3/t13-,14-,15+,17-,18-/m1/s1. The average Bonchev–Trinajstić information content (AvgIpc) is 3.01. The lowest BCUT2D eigenvalue weighted by atomic mass is 9.46. The molecule has 120 valence electrons. The Bertz CT molecular complexity index is 444. The first-order valence-corrected chi connectivity index (χ1v) is 8.51. The normalized spacial score (nSPS) is 47.2. The minimum atomic E-state index is -0.171. The summed E-state index contributed by atoms with van der Waals surface area (Å²) in [6.45, 7) is 11.6. The van der Waals surface area contributed by atoms with Crippen molar-refractivity contribution in [3.8, 4) is 0 Å². The van der Waals surface area contributed by atoms with Crippen LogP contribution in [-0.2, 0) is 14.3 Å². The maximum absolute atomic E-state index is 11.1. The first-order valence-electron chi connectivity index (χ1n) is 8.51. The van der Waals surface area contributed by atoms with Gasteiger partial charge in [0.15, 0.2) is 0 Å². The molecule has 0 bridgehead atoms. The molecule has 1 heterocycles. The predicted molar refractivity (Wildman–Crippen MR) is 81.9 cm³/mol. The summed E-state index contributed by atoms with van der Waals surface area (Å²) >= 11 is 0. The van der Waals surface area contributed by atoms with Crippen molar-refractivity contribution in [3.63, 3.8) is 0 Å². The lowest BCUT2D eigenvalue weighted by Crippen LogP contribution is -2.54. The van der Waals surface area contributed by atoms with Crippen molar-refractivity contribution in [2.45, 2.75) is 78.4 Å². The van der Waals surface area contributed by atoms with Crippen LogP contribution in [0.25, 0.3) is 0 Å². The van der Waals surface area contributed by atoms with Crippen LogP contribution in [0, 0.1) is 22.7 Å². The van der Waals surface area contributed by atoms with Gasteiger partial charge in [0.05, 0.1) is 18.3 Å².